The molecule has 0 aliphatic heterocycles. The molecule has 1 aromatic rings. The molecule has 0 bridgehead atoms. The number of nitro benzene ring substituents is 1. The Morgan fingerprint density at radius 3 is 2.64 bits per heavy atom. The lowest BCUT2D eigenvalue weighted by Crippen LogP contribution is -1.99. The van der Waals surface area contributed by atoms with Crippen LogP contribution in [0.1, 0.15) is 12.5 Å². The molecule has 0 saturated carbocycles. The number of nitrogens with zero attached hydrogens (tertiary/aromatic N) is 1. The van der Waals surface area contributed by atoms with Crippen LogP contribution in [0.5, 0.6) is 5.75 Å². The Balaban J connectivity index is 3.40. The smallest absolute Gasteiger partial charge is 0.314 e. The van der Waals surface area contributed by atoms with Crippen LogP contribution in [0.2, 0.25) is 0 Å². The summed E-state index contributed by atoms with van der Waals surface area (Å²) in [5.74, 6) is -0.559. The summed E-state index contributed by atoms with van der Waals surface area (Å²) in [5, 5.41) is 10.7. The van der Waals surface area contributed by atoms with Crippen LogP contribution in [0.4, 0.5) is 10.1 Å². The quantitative estimate of drug-likeness (QED) is 0.554. The lowest BCUT2D eigenvalue weighted by molar-refractivity contribution is -0.386. The van der Waals surface area contributed by atoms with Crippen molar-refractivity contribution in [2.24, 2.45) is 0 Å². The highest BCUT2D eigenvalue weighted by atomic mass is 19.1. The molecule has 1 aromatic carbocycles. The molecule has 0 unspecified atom stereocenters. The summed E-state index contributed by atoms with van der Waals surface area (Å²) >= 11 is 0. The first-order chi connectivity index (χ1) is 6.60. The standard InChI is InChI=1S/C9H10FNO3/c1-3-6-4-7(10)5-8(14-2)9(6)11(12)13/h4-5H,3H2,1-2H3. The minimum absolute atomic E-state index is 0.0353. The van der Waals surface area contributed by atoms with E-state index in [1.54, 1.807) is 6.92 Å². The second-order valence-electron chi connectivity index (χ2n) is 2.73. The molecule has 1 rings (SSSR count). The second-order valence-corrected chi connectivity index (χ2v) is 2.73. The van der Waals surface area contributed by atoms with Crippen molar-refractivity contribution in [2.45, 2.75) is 13.3 Å². The molecule has 0 radical (unpaired) electrons. The zero-order valence-electron chi connectivity index (χ0n) is 7.91. The Morgan fingerprint density at radius 2 is 2.21 bits per heavy atom. The van der Waals surface area contributed by atoms with E-state index in [2.05, 4.69) is 0 Å². The minimum Gasteiger partial charge on any atom is -0.490 e. The van der Waals surface area contributed by atoms with E-state index in [1.165, 1.54) is 7.11 Å². The molecule has 4 nitrogen and oxygen atoms in total. The predicted octanol–water partition coefficient (Wildman–Crippen LogP) is 2.30. The van der Waals surface area contributed by atoms with Gasteiger partial charge in [-0.25, -0.2) is 4.39 Å². The molecule has 0 N–H and O–H groups in total. The third kappa shape index (κ3) is 1.81. The van der Waals surface area contributed by atoms with Gasteiger partial charge in [0, 0.05) is 11.6 Å². The van der Waals surface area contributed by atoms with Gasteiger partial charge in [-0.15, -0.1) is 0 Å². The van der Waals surface area contributed by atoms with Crippen LogP contribution < -0.4 is 4.74 Å². The number of hydrogen-bond acceptors (Lipinski definition) is 3. The van der Waals surface area contributed by atoms with Crippen molar-refractivity contribution in [1.82, 2.24) is 0 Å². The maximum atomic E-state index is 12.9. The fraction of sp³-hybridized carbons (Fsp3) is 0.333. The van der Waals surface area contributed by atoms with Gasteiger partial charge in [-0.05, 0) is 12.5 Å². The molecule has 0 aromatic heterocycles. The molecule has 0 fully saturated rings. The van der Waals surface area contributed by atoms with Crippen LogP contribution in [0, 0.1) is 15.9 Å². The summed E-state index contributed by atoms with van der Waals surface area (Å²) in [7, 11) is 1.28. The summed E-state index contributed by atoms with van der Waals surface area (Å²) < 4.78 is 17.7. The van der Waals surface area contributed by atoms with Crippen molar-refractivity contribution in [1.29, 1.82) is 0 Å². The Labute approximate surface area is 80.5 Å². The first kappa shape index (κ1) is 10.4. The average Bonchev–Trinajstić information content (AvgIpc) is 2.15. The van der Waals surface area contributed by atoms with Crippen LogP contribution in [0.3, 0.4) is 0 Å². The van der Waals surface area contributed by atoms with Crippen molar-refractivity contribution in [2.75, 3.05) is 7.11 Å². The zero-order valence-corrected chi connectivity index (χ0v) is 7.91. The van der Waals surface area contributed by atoms with E-state index >= 15 is 0 Å². The molecule has 76 valence electrons. The Bertz CT molecular complexity index is 340. The number of benzene rings is 1. The first-order valence-electron chi connectivity index (χ1n) is 4.11. The fourth-order valence-electron chi connectivity index (χ4n) is 1.26. The predicted molar refractivity (Wildman–Crippen MR) is 49.0 cm³/mol. The normalized spacial score (nSPS) is 9.93. The largest absolute Gasteiger partial charge is 0.490 e. The lowest BCUT2D eigenvalue weighted by Gasteiger charge is -2.05. The van der Waals surface area contributed by atoms with E-state index < -0.39 is 10.7 Å². The van der Waals surface area contributed by atoms with E-state index in [0.29, 0.717) is 12.0 Å². The Morgan fingerprint density at radius 1 is 1.57 bits per heavy atom. The molecule has 0 aliphatic carbocycles. The fourth-order valence-corrected chi connectivity index (χ4v) is 1.26. The molecule has 0 aliphatic rings. The van der Waals surface area contributed by atoms with Crippen molar-refractivity contribution in [3.05, 3.63) is 33.6 Å². The van der Waals surface area contributed by atoms with Crippen LogP contribution in [-0.4, -0.2) is 12.0 Å². The summed E-state index contributed by atoms with van der Waals surface area (Å²) in [6.07, 6.45) is 0.393. The van der Waals surface area contributed by atoms with Gasteiger partial charge in [-0.1, -0.05) is 6.92 Å². The highest BCUT2D eigenvalue weighted by Crippen LogP contribution is 2.31. The van der Waals surface area contributed by atoms with Gasteiger partial charge in [0.25, 0.3) is 0 Å². The molecule has 0 spiro atoms. The summed E-state index contributed by atoms with van der Waals surface area (Å²) in [6.45, 7) is 1.72. The molecule has 0 saturated heterocycles. The van der Waals surface area contributed by atoms with Crippen molar-refractivity contribution >= 4 is 5.69 Å². The highest BCUT2D eigenvalue weighted by molar-refractivity contribution is 5.53. The van der Waals surface area contributed by atoms with Gasteiger partial charge in [-0.2, -0.15) is 0 Å². The van der Waals surface area contributed by atoms with E-state index in [-0.39, 0.29) is 11.4 Å². The maximum Gasteiger partial charge on any atom is 0.314 e. The van der Waals surface area contributed by atoms with Gasteiger partial charge < -0.3 is 4.74 Å². The van der Waals surface area contributed by atoms with Crippen LogP contribution in [-0.2, 0) is 6.42 Å². The molecule has 0 amide bonds. The molecular weight excluding hydrogens is 189 g/mol. The summed E-state index contributed by atoms with van der Waals surface area (Å²) in [6, 6.07) is 2.16. The van der Waals surface area contributed by atoms with E-state index in [9.17, 15) is 14.5 Å². The van der Waals surface area contributed by atoms with Crippen molar-refractivity contribution in [3.8, 4) is 5.75 Å². The van der Waals surface area contributed by atoms with Gasteiger partial charge in [-0.3, -0.25) is 10.1 Å². The SMILES string of the molecule is CCc1cc(F)cc(OC)c1[N+](=O)[O-]. The number of rotatable bonds is 3. The summed E-state index contributed by atoms with van der Waals surface area (Å²) in [5.41, 5.74) is 0.184. The topological polar surface area (TPSA) is 52.4 Å². The van der Waals surface area contributed by atoms with Crippen molar-refractivity contribution in [3.63, 3.8) is 0 Å². The lowest BCUT2D eigenvalue weighted by atomic mass is 10.1. The number of aryl methyl sites for hydroxylation is 1. The van der Waals surface area contributed by atoms with Crippen LogP contribution in [0.25, 0.3) is 0 Å². The Kier molecular flexibility index (Phi) is 3.01. The molecule has 14 heavy (non-hydrogen) atoms. The minimum atomic E-state index is -0.558. The monoisotopic (exact) mass is 199 g/mol. The molecule has 0 heterocycles. The van der Waals surface area contributed by atoms with Crippen molar-refractivity contribution < 1.29 is 14.1 Å². The molecular formula is C9H10FNO3. The zero-order chi connectivity index (χ0) is 10.7. The average molecular weight is 199 g/mol. The van der Waals surface area contributed by atoms with E-state index in [4.69, 9.17) is 4.74 Å². The first-order valence-corrected chi connectivity index (χ1v) is 4.11. The van der Waals surface area contributed by atoms with Crippen LogP contribution >= 0.6 is 0 Å². The third-order valence-electron chi connectivity index (χ3n) is 1.90. The summed E-state index contributed by atoms with van der Waals surface area (Å²) in [4.78, 5) is 10.1. The number of halogens is 1. The molecule has 0 atom stereocenters. The Hall–Kier alpha value is -1.65. The van der Waals surface area contributed by atoms with Gasteiger partial charge in [0.1, 0.15) is 5.82 Å². The number of nitro groups is 1. The van der Waals surface area contributed by atoms with Gasteiger partial charge in [0.2, 0.25) is 0 Å². The number of methoxy groups -OCH3 is 1. The second kappa shape index (κ2) is 4.04. The number of ether oxygens (including phenoxy) is 1. The number of hydrogen-bond donors (Lipinski definition) is 0. The van der Waals surface area contributed by atoms with E-state index in [0.717, 1.165) is 12.1 Å². The van der Waals surface area contributed by atoms with Gasteiger partial charge in [0.15, 0.2) is 5.75 Å². The molecule has 5 heteroatoms. The van der Waals surface area contributed by atoms with Gasteiger partial charge in [0.05, 0.1) is 12.0 Å². The van der Waals surface area contributed by atoms with Crippen LogP contribution in [0.15, 0.2) is 12.1 Å². The maximum absolute atomic E-state index is 12.9. The third-order valence-corrected chi connectivity index (χ3v) is 1.90. The highest BCUT2D eigenvalue weighted by Gasteiger charge is 2.20. The van der Waals surface area contributed by atoms with E-state index in [1.807, 2.05) is 0 Å². The van der Waals surface area contributed by atoms with Gasteiger partial charge >= 0.3 is 5.69 Å².